The lowest BCUT2D eigenvalue weighted by molar-refractivity contribution is -0.0553. The van der Waals surface area contributed by atoms with Crippen molar-refractivity contribution in [3.05, 3.63) is 22.5 Å². The molecule has 1 saturated heterocycles. The largest absolute Gasteiger partial charge is 0.450 e. The predicted octanol–water partition coefficient (Wildman–Crippen LogP) is -1.44. The van der Waals surface area contributed by atoms with Gasteiger partial charge in [0.1, 0.15) is 18.3 Å². The van der Waals surface area contributed by atoms with Crippen LogP contribution in [0.3, 0.4) is 0 Å². The van der Waals surface area contributed by atoms with E-state index in [-0.39, 0.29) is 6.61 Å². The number of anilines is 1. The first-order valence-corrected chi connectivity index (χ1v) is 6.74. The number of hydrogen-bond acceptors (Lipinski definition) is 8. The van der Waals surface area contributed by atoms with E-state index in [9.17, 15) is 24.2 Å². The number of ether oxygens (including phenoxy) is 2. The van der Waals surface area contributed by atoms with Gasteiger partial charge >= 0.3 is 11.8 Å². The van der Waals surface area contributed by atoms with Crippen LogP contribution < -0.4 is 11.0 Å². The lowest BCUT2D eigenvalue weighted by Crippen LogP contribution is -2.36. The summed E-state index contributed by atoms with van der Waals surface area (Å²) in [5.41, 5.74) is -1.03. The zero-order valence-corrected chi connectivity index (χ0v) is 12.0. The van der Waals surface area contributed by atoms with Crippen LogP contribution in [0.15, 0.2) is 11.0 Å². The third-order valence-corrected chi connectivity index (χ3v) is 3.19. The van der Waals surface area contributed by atoms with E-state index in [2.05, 4.69) is 9.72 Å². The molecule has 1 aromatic heterocycles. The Hall–Kier alpha value is -2.08. The molecule has 10 nitrogen and oxygen atoms in total. The molecule has 23 heavy (non-hydrogen) atoms. The van der Waals surface area contributed by atoms with E-state index in [0.717, 1.165) is 0 Å². The highest BCUT2D eigenvalue weighted by molar-refractivity contribution is 5.83. The van der Waals surface area contributed by atoms with Gasteiger partial charge in [-0.05, 0) is 6.92 Å². The summed E-state index contributed by atoms with van der Waals surface area (Å²) in [6.07, 6.45) is -5.87. The molecule has 0 aromatic carbocycles. The highest BCUT2D eigenvalue weighted by Crippen LogP contribution is 2.28. The van der Waals surface area contributed by atoms with Gasteiger partial charge in [0, 0.05) is 0 Å². The van der Waals surface area contributed by atoms with E-state index in [1.54, 1.807) is 6.92 Å². The Morgan fingerprint density at radius 1 is 1.52 bits per heavy atom. The Bertz CT molecular complexity index is 638. The third kappa shape index (κ3) is 3.47. The van der Waals surface area contributed by atoms with E-state index in [1.165, 1.54) is 0 Å². The molecule has 4 atom stereocenters. The van der Waals surface area contributed by atoms with Gasteiger partial charge in [-0.15, -0.1) is 0 Å². The van der Waals surface area contributed by atoms with Crippen molar-refractivity contribution in [1.82, 2.24) is 9.55 Å². The Morgan fingerprint density at radius 2 is 2.22 bits per heavy atom. The molecule has 0 aliphatic carbocycles. The predicted molar refractivity (Wildman–Crippen MR) is 72.1 cm³/mol. The molecule has 0 bridgehead atoms. The number of carbonyl (C=O) groups excluding carboxylic acids is 1. The molecule has 11 heteroatoms. The first-order chi connectivity index (χ1) is 10.9. The average molecular weight is 333 g/mol. The highest BCUT2D eigenvalue weighted by Gasteiger charge is 2.44. The maximum absolute atomic E-state index is 13.9. The van der Waals surface area contributed by atoms with Gasteiger partial charge in [-0.2, -0.15) is 4.98 Å². The second kappa shape index (κ2) is 7.00. The Kier molecular flexibility index (Phi) is 5.26. The molecule has 1 aliphatic heterocycles. The summed E-state index contributed by atoms with van der Waals surface area (Å²) in [6.45, 7) is 0.998. The molecule has 0 unspecified atom stereocenters. The van der Waals surface area contributed by atoms with Crippen molar-refractivity contribution in [2.75, 3.05) is 18.5 Å². The van der Waals surface area contributed by atoms with Crippen LogP contribution in [0.2, 0.25) is 0 Å². The molecule has 128 valence electrons. The fourth-order valence-corrected chi connectivity index (χ4v) is 2.09. The summed E-state index contributed by atoms with van der Waals surface area (Å²) in [5, 5.41) is 30.4. The van der Waals surface area contributed by atoms with Crippen LogP contribution in [0.4, 0.5) is 15.0 Å². The SMILES string of the molecule is CCOC(=O)Nc1nc(=O)n([C@@H]2O[C@H](CO)[C@@H](O)[C@H]2O)cc1F. The van der Waals surface area contributed by atoms with Crippen molar-refractivity contribution in [3.63, 3.8) is 0 Å². The maximum atomic E-state index is 13.9. The van der Waals surface area contributed by atoms with Gasteiger partial charge in [-0.3, -0.25) is 9.88 Å². The summed E-state index contributed by atoms with van der Waals surface area (Å²) >= 11 is 0. The molecule has 1 fully saturated rings. The monoisotopic (exact) mass is 333 g/mol. The Balaban J connectivity index is 2.27. The zero-order valence-electron chi connectivity index (χ0n) is 12.0. The van der Waals surface area contributed by atoms with Crippen molar-refractivity contribution < 1.29 is 34.0 Å². The molecule has 1 amide bonds. The second-order valence-electron chi connectivity index (χ2n) is 4.70. The number of halogens is 1. The summed E-state index contributed by atoms with van der Waals surface area (Å²) in [6, 6.07) is 0. The van der Waals surface area contributed by atoms with E-state index >= 15 is 0 Å². The smallest absolute Gasteiger partial charge is 0.412 e. The fraction of sp³-hybridized carbons (Fsp3) is 0.583. The molecule has 1 aromatic rings. The first-order valence-electron chi connectivity index (χ1n) is 6.74. The van der Waals surface area contributed by atoms with Crippen LogP contribution in [-0.4, -0.2) is 62.5 Å². The number of nitrogens with one attached hydrogen (secondary N) is 1. The lowest BCUT2D eigenvalue weighted by atomic mass is 10.1. The topological polar surface area (TPSA) is 143 Å². The minimum absolute atomic E-state index is 0.0487. The summed E-state index contributed by atoms with van der Waals surface area (Å²) in [5.74, 6) is -1.72. The van der Waals surface area contributed by atoms with Crippen LogP contribution in [0.25, 0.3) is 0 Å². The molecule has 2 rings (SSSR count). The third-order valence-electron chi connectivity index (χ3n) is 3.19. The van der Waals surface area contributed by atoms with Gasteiger partial charge in [-0.1, -0.05) is 0 Å². The molecule has 1 aliphatic rings. The summed E-state index contributed by atoms with van der Waals surface area (Å²) in [7, 11) is 0. The molecule has 0 radical (unpaired) electrons. The van der Waals surface area contributed by atoms with E-state index < -0.39 is 54.6 Å². The van der Waals surface area contributed by atoms with Crippen LogP contribution in [0.1, 0.15) is 13.2 Å². The van der Waals surface area contributed by atoms with Crippen molar-refractivity contribution in [2.45, 2.75) is 31.5 Å². The van der Waals surface area contributed by atoms with Gasteiger partial charge in [0.15, 0.2) is 17.9 Å². The van der Waals surface area contributed by atoms with Crippen molar-refractivity contribution >= 4 is 11.9 Å². The minimum atomic E-state index is -1.56. The molecular weight excluding hydrogens is 317 g/mol. The fourth-order valence-electron chi connectivity index (χ4n) is 2.09. The lowest BCUT2D eigenvalue weighted by Gasteiger charge is -2.17. The van der Waals surface area contributed by atoms with Crippen LogP contribution in [0.5, 0.6) is 0 Å². The molecule has 2 heterocycles. The van der Waals surface area contributed by atoms with Crippen molar-refractivity contribution in [2.24, 2.45) is 0 Å². The average Bonchev–Trinajstić information content (AvgIpc) is 2.78. The summed E-state index contributed by atoms with van der Waals surface area (Å²) < 4.78 is 24.2. The molecule has 4 N–H and O–H groups in total. The Morgan fingerprint density at radius 3 is 2.78 bits per heavy atom. The van der Waals surface area contributed by atoms with Gasteiger partial charge in [0.2, 0.25) is 0 Å². The van der Waals surface area contributed by atoms with E-state index in [1.807, 2.05) is 5.32 Å². The first kappa shape index (κ1) is 17.3. The molecular formula is C12H16FN3O7. The number of hydrogen-bond donors (Lipinski definition) is 4. The van der Waals surface area contributed by atoms with Gasteiger partial charge < -0.3 is 24.8 Å². The van der Waals surface area contributed by atoms with Crippen LogP contribution in [0, 0.1) is 5.82 Å². The van der Waals surface area contributed by atoms with Gasteiger partial charge in [0.05, 0.1) is 19.4 Å². The standard InChI is InChI=1S/C12H16FN3O7/c1-2-22-12(21)15-9-5(13)3-16(11(20)14-9)10-8(19)7(18)6(4-17)23-10/h3,6-8,10,17-19H,2,4H2,1H3,(H,14,15,20,21)/t6-,7-,8-,10-/m1/s1. The van der Waals surface area contributed by atoms with E-state index in [4.69, 9.17) is 9.84 Å². The number of amides is 1. The quantitative estimate of drug-likeness (QED) is 0.525. The minimum Gasteiger partial charge on any atom is -0.450 e. The second-order valence-corrected chi connectivity index (χ2v) is 4.70. The van der Waals surface area contributed by atoms with Crippen LogP contribution >= 0.6 is 0 Å². The molecule has 0 saturated carbocycles. The zero-order chi connectivity index (χ0) is 17.1. The number of rotatable bonds is 4. The maximum Gasteiger partial charge on any atom is 0.412 e. The summed E-state index contributed by atoms with van der Waals surface area (Å²) in [4.78, 5) is 26.5. The number of aromatic nitrogens is 2. The van der Waals surface area contributed by atoms with Gasteiger partial charge in [-0.25, -0.2) is 14.0 Å². The van der Waals surface area contributed by atoms with Crippen molar-refractivity contribution in [1.29, 1.82) is 0 Å². The van der Waals surface area contributed by atoms with Crippen LogP contribution in [-0.2, 0) is 9.47 Å². The number of nitrogens with zero attached hydrogens (tertiary/aromatic N) is 2. The normalized spacial score (nSPS) is 27.0. The van der Waals surface area contributed by atoms with Crippen molar-refractivity contribution in [3.8, 4) is 0 Å². The van der Waals surface area contributed by atoms with E-state index in [0.29, 0.717) is 10.8 Å². The Labute approximate surface area is 129 Å². The number of aliphatic hydroxyl groups excluding tert-OH is 3. The molecule has 0 spiro atoms. The highest BCUT2D eigenvalue weighted by atomic mass is 19.1. The van der Waals surface area contributed by atoms with Gasteiger partial charge in [0.25, 0.3) is 0 Å². The number of carbonyl (C=O) groups is 1. The number of aliphatic hydroxyl groups is 3.